The van der Waals surface area contributed by atoms with Crippen LogP contribution >= 0.6 is 16.5 Å². The van der Waals surface area contributed by atoms with E-state index in [0.717, 1.165) is 4.57 Å². The number of aromatic amines is 2. The summed E-state index contributed by atoms with van der Waals surface area (Å²) in [4.78, 5) is 69.6. The standard InChI is InChI=1S/C31H43N7O16P2/c1-14-8-36(29(42)33-26(14)32)24-6-18(20(11-39)50-24)53-55(45)49-13-22-19(7-25(52-22)38-10-16(3)28(41)35-31(38)44)54-56(46)48-12-21-17(47-4)5-23(51-21)37-9-15(2)27(40)34-30(37)43/h8-10,17-25,39,55-56H,5-7,11-13H2,1-4H3,(H2,32,33,42)(H,34,40,43)(H,35,41,44)/t17-,18?,19-,20+,21?,22?,23?,24+,25?/m0/s1. The second kappa shape index (κ2) is 17.7. The number of ether oxygens (including phenoxy) is 4. The monoisotopic (exact) mass is 831 g/mol. The van der Waals surface area contributed by atoms with Gasteiger partial charge in [-0.15, -0.1) is 0 Å². The topological polar surface area (TPSA) is 299 Å². The molecule has 0 amide bonds. The Morgan fingerprint density at radius 3 is 1.66 bits per heavy atom. The molecule has 23 nitrogen and oxygen atoms in total. The summed E-state index contributed by atoms with van der Waals surface area (Å²) in [5, 5.41) is 9.91. The van der Waals surface area contributed by atoms with Crippen LogP contribution in [0.5, 0.6) is 0 Å². The number of aliphatic hydroxyl groups excluding tert-OH is 1. The Kier molecular flexibility index (Phi) is 13.2. The first kappa shape index (κ1) is 41.8. The molecule has 0 spiro atoms. The second-order valence-corrected chi connectivity index (χ2v) is 15.5. The molecule has 6 heterocycles. The Labute approximate surface area is 317 Å². The number of anilines is 1. The molecule has 25 heteroatoms. The number of aromatic nitrogens is 6. The number of nitrogens with one attached hydrogen (secondary N) is 2. The predicted molar refractivity (Wildman–Crippen MR) is 193 cm³/mol. The lowest BCUT2D eigenvalue weighted by Gasteiger charge is -2.21. The maximum atomic E-state index is 13.2. The molecular formula is C31H43N7O16P2. The highest BCUT2D eigenvalue weighted by Crippen LogP contribution is 2.41. The van der Waals surface area contributed by atoms with Crippen molar-refractivity contribution in [3.8, 4) is 0 Å². The summed E-state index contributed by atoms with van der Waals surface area (Å²) >= 11 is 0. The van der Waals surface area contributed by atoms with Gasteiger partial charge in [0.2, 0.25) is 0 Å². The summed E-state index contributed by atoms with van der Waals surface area (Å²) < 4.78 is 75.6. The highest BCUT2D eigenvalue weighted by molar-refractivity contribution is 7.33. The van der Waals surface area contributed by atoms with Crippen molar-refractivity contribution in [3.63, 3.8) is 0 Å². The Hall–Kier alpha value is -3.86. The molecule has 0 bridgehead atoms. The molecule has 3 fully saturated rings. The Morgan fingerprint density at radius 2 is 1.16 bits per heavy atom. The van der Waals surface area contributed by atoms with Crippen molar-refractivity contribution in [2.24, 2.45) is 0 Å². The highest BCUT2D eigenvalue weighted by Gasteiger charge is 2.42. The SMILES string of the molecule is CO[C@H]1CC(n2cc(C)c(=O)[nH]c2=O)OC1CO[PH](=O)O[C@H]1CC(n2cc(C)c(=O)[nH]c2=O)OC1CO[PH](=O)OC1C[C@H](n2cc(C)c(N)nc2=O)O[C@@H]1CO. The van der Waals surface area contributed by atoms with Gasteiger partial charge in [0.25, 0.3) is 11.1 Å². The lowest BCUT2D eigenvalue weighted by atomic mass is 10.2. The number of nitrogens with zero attached hydrogens (tertiary/aromatic N) is 4. The number of methoxy groups -OCH3 is 1. The van der Waals surface area contributed by atoms with Gasteiger partial charge in [-0.3, -0.25) is 42.4 Å². The average Bonchev–Trinajstić information content (AvgIpc) is 3.87. The van der Waals surface area contributed by atoms with Crippen molar-refractivity contribution >= 4 is 22.3 Å². The van der Waals surface area contributed by atoms with Crippen LogP contribution in [-0.2, 0) is 46.2 Å². The van der Waals surface area contributed by atoms with Crippen LogP contribution in [0.4, 0.5) is 5.82 Å². The highest BCUT2D eigenvalue weighted by atomic mass is 31.1. The van der Waals surface area contributed by atoms with Crippen molar-refractivity contribution in [2.45, 2.75) is 95.3 Å². The quantitative estimate of drug-likeness (QED) is 0.138. The van der Waals surface area contributed by atoms with Crippen LogP contribution in [0.15, 0.2) is 42.6 Å². The molecule has 56 heavy (non-hydrogen) atoms. The van der Waals surface area contributed by atoms with E-state index in [-0.39, 0.29) is 37.3 Å². The van der Waals surface area contributed by atoms with Gasteiger partial charge >= 0.3 is 33.6 Å². The number of rotatable bonds is 15. The van der Waals surface area contributed by atoms with E-state index in [9.17, 15) is 38.2 Å². The van der Waals surface area contributed by atoms with Gasteiger partial charge in [0.15, 0.2) is 0 Å². The fraction of sp³-hybridized carbons (Fsp3) is 0.613. The summed E-state index contributed by atoms with van der Waals surface area (Å²) in [6.07, 6.45) is -3.95. The molecule has 308 valence electrons. The zero-order chi connectivity index (χ0) is 40.4. The Morgan fingerprint density at radius 1 is 0.732 bits per heavy atom. The first-order chi connectivity index (χ1) is 26.6. The van der Waals surface area contributed by atoms with E-state index in [1.54, 1.807) is 6.92 Å². The number of H-pyrrole nitrogens is 2. The van der Waals surface area contributed by atoms with Gasteiger partial charge < -0.3 is 47.9 Å². The summed E-state index contributed by atoms with van der Waals surface area (Å²) in [5.74, 6) is 0.0549. The first-order valence-electron chi connectivity index (χ1n) is 17.4. The normalized spacial score (nSPS) is 28.8. The predicted octanol–water partition coefficient (Wildman–Crippen LogP) is -0.696. The molecule has 0 aliphatic carbocycles. The van der Waals surface area contributed by atoms with E-state index in [2.05, 4.69) is 15.0 Å². The van der Waals surface area contributed by atoms with Crippen molar-refractivity contribution in [1.29, 1.82) is 0 Å². The van der Waals surface area contributed by atoms with Crippen LogP contribution in [0.25, 0.3) is 0 Å². The third-order valence-corrected chi connectivity index (χ3v) is 11.4. The number of nitrogens with two attached hydrogens (primary N) is 1. The van der Waals surface area contributed by atoms with Gasteiger partial charge in [0.1, 0.15) is 42.8 Å². The molecule has 3 aliphatic rings. The molecule has 0 saturated carbocycles. The lowest BCUT2D eigenvalue weighted by molar-refractivity contribution is -0.0552. The molecule has 3 aromatic rings. The van der Waals surface area contributed by atoms with E-state index < -0.39 is 113 Å². The van der Waals surface area contributed by atoms with Crippen LogP contribution < -0.4 is 33.9 Å². The van der Waals surface area contributed by atoms with Crippen molar-refractivity contribution in [2.75, 3.05) is 32.7 Å². The van der Waals surface area contributed by atoms with Crippen LogP contribution in [0, 0.1) is 20.8 Å². The number of aryl methyl sites for hydroxylation is 3. The smallest absolute Gasteiger partial charge is 0.351 e. The number of aliphatic hydroxyl groups is 1. The molecule has 3 aromatic heterocycles. The summed E-state index contributed by atoms with van der Waals surface area (Å²) in [7, 11) is -5.24. The van der Waals surface area contributed by atoms with Crippen LogP contribution in [0.2, 0.25) is 0 Å². The van der Waals surface area contributed by atoms with E-state index in [1.807, 2.05) is 0 Å². The van der Waals surface area contributed by atoms with Gasteiger partial charge in [-0.05, 0) is 20.8 Å². The molecule has 6 rings (SSSR count). The molecule has 7 unspecified atom stereocenters. The molecule has 5 N–H and O–H groups in total. The second-order valence-electron chi connectivity index (χ2n) is 13.4. The zero-order valence-corrected chi connectivity index (χ0v) is 32.6. The van der Waals surface area contributed by atoms with Crippen molar-refractivity contribution in [3.05, 3.63) is 87.4 Å². The Bertz CT molecular complexity index is 2260. The fourth-order valence-corrected chi connectivity index (χ4v) is 8.30. The van der Waals surface area contributed by atoms with Gasteiger partial charge in [-0.2, -0.15) is 4.98 Å². The fourth-order valence-electron chi connectivity index (χ4n) is 6.57. The molecule has 0 radical (unpaired) electrons. The van der Waals surface area contributed by atoms with Crippen molar-refractivity contribution in [1.82, 2.24) is 28.7 Å². The Balaban J connectivity index is 1.10. The van der Waals surface area contributed by atoms with E-state index in [4.69, 9.17) is 42.8 Å². The maximum Gasteiger partial charge on any atom is 0.351 e. The third kappa shape index (κ3) is 9.29. The third-order valence-electron chi connectivity index (χ3n) is 9.65. The zero-order valence-electron chi connectivity index (χ0n) is 30.6. The van der Waals surface area contributed by atoms with Crippen LogP contribution in [-0.4, -0.2) is 97.3 Å². The van der Waals surface area contributed by atoms with E-state index in [1.165, 1.54) is 48.7 Å². The average molecular weight is 832 g/mol. The largest absolute Gasteiger partial charge is 0.394 e. The van der Waals surface area contributed by atoms with Gasteiger partial charge in [-0.25, -0.2) is 14.4 Å². The van der Waals surface area contributed by atoms with Gasteiger partial charge in [0.05, 0.1) is 38.1 Å². The molecular weight excluding hydrogens is 788 g/mol. The number of hydrogen-bond donors (Lipinski definition) is 4. The minimum absolute atomic E-state index is 0.00802. The summed E-state index contributed by atoms with van der Waals surface area (Å²) in [6.45, 7) is 3.43. The number of hydrogen-bond acceptors (Lipinski definition) is 18. The lowest BCUT2D eigenvalue weighted by Crippen LogP contribution is -2.33. The summed E-state index contributed by atoms with van der Waals surface area (Å²) in [5.41, 5.74) is 3.48. The maximum absolute atomic E-state index is 13.2. The summed E-state index contributed by atoms with van der Waals surface area (Å²) in [6, 6.07) is 0. The van der Waals surface area contributed by atoms with Crippen molar-refractivity contribution < 1.29 is 51.3 Å². The van der Waals surface area contributed by atoms with Gasteiger partial charge in [-0.1, -0.05) is 0 Å². The van der Waals surface area contributed by atoms with Gasteiger partial charge in [0, 0.05) is 61.7 Å². The molecule has 11 atom stereocenters. The van der Waals surface area contributed by atoms with Crippen LogP contribution in [0.3, 0.4) is 0 Å². The molecule has 3 saturated heterocycles. The van der Waals surface area contributed by atoms with E-state index >= 15 is 0 Å². The van der Waals surface area contributed by atoms with E-state index in [0.29, 0.717) is 11.1 Å². The first-order valence-corrected chi connectivity index (χ1v) is 19.9. The minimum Gasteiger partial charge on any atom is -0.394 e. The molecule has 0 aromatic carbocycles. The van der Waals surface area contributed by atoms with Crippen LogP contribution in [0.1, 0.15) is 54.6 Å². The number of nitrogen functional groups attached to an aromatic ring is 1. The molecule has 3 aliphatic heterocycles. The minimum atomic E-state index is -3.34.